The molecule has 3 rings (SSSR count). The molecule has 1 fully saturated rings. The lowest BCUT2D eigenvalue weighted by atomic mass is 10.0. The van der Waals surface area contributed by atoms with Crippen molar-refractivity contribution in [3.63, 3.8) is 0 Å². The molecule has 1 aliphatic heterocycles. The summed E-state index contributed by atoms with van der Waals surface area (Å²) in [5.74, 6) is -0.609. The molecule has 0 saturated carbocycles. The first-order chi connectivity index (χ1) is 11.1. The van der Waals surface area contributed by atoms with E-state index in [1.807, 2.05) is 42.2 Å². The molecule has 2 amide bonds. The van der Waals surface area contributed by atoms with Crippen molar-refractivity contribution >= 4 is 23.2 Å². The van der Waals surface area contributed by atoms with Gasteiger partial charge in [-0.2, -0.15) is 0 Å². The van der Waals surface area contributed by atoms with Crippen LogP contribution in [-0.4, -0.2) is 36.0 Å². The van der Waals surface area contributed by atoms with Gasteiger partial charge in [0, 0.05) is 11.9 Å². The molecule has 6 heteroatoms. The Morgan fingerprint density at radius 1 is 1.30 bits per heavy atom. The molecule has 0 bridgehead atoms. The van der Waals surface area contributed by atoms with E-state index in [-0.39, 0.29) is 18.1 Å². The van der Waals surface area contributed by atoms with Gasteiger partial charge in [0.05, 0.1) is 29.2 Å². The largest absolute Gasteiger partial charge is 0.374 e. The van der Waals surface area contributed by atoms with Gasteiger partial charge in [0.2, 0.25) is 5.91 Å². The summed E-state index contributed by atoms with van der Waals surface area (Å²) in [5.41, 5.74) is 6.68. The van der Waals surface area contributed by atoms with E-state index in [1.54, 1.807) is 11.4 Å². The minimum Gasteiger partial charge on any atom is -0.374 e. The van der Waals surface area contributed by atoms with Crippen LogP contribution in [0.15, 0.2) is 41.8 Å². The molecule has 2 aromatic rings. The number of nitrogens with zero attached hydrogens (tertiary/aromatic N) is 1. The number of carbonyl (C=O) groups excluding carboxylic acids is 2. The molecule has 1 saturated heterocycles. The van der Waals surface area contributed by atoms with Gasteiger partial charge in [0.25, 0.3) is 5.91 Å². The van der Waals surface area contributed by atoms with E-state index < -0.39 is 5.91 Å². The SMILES string of the molecule is CC1CN(C(=O)c2cc(C(N)=O)cs2)C(c2ccccc2)CO1. The number of primary amides is 1. The van der Waals surface area contributed by atoms with Crippen LogP contribution < -0.4 is 5.73 Å². The van der Waals surface area contributed by atoms with Crippen molar-refractivity contribution in [2.24, 2.45) is 5.73 Å². The average molecular weight is 330 g/mol. The number of morpholine rings is 1. The summed E-state index contributed by atoms with van der Waals surface area (Å²) < 4.78 is 5.74. The molecule has 2 N–H and O–H groups in total. The van der Waals surface area contributed by atoms with Crippen LogP contribution in [0.2, 0.25) is 0 Å². The summed E-state index contributed by atoms with van der Waals surface area (Å²) in [7, 11) is 0. The van der Waals surface area contributed by atoms with Crippen molar-refractivity contribution in [3.05, 3.63) is 57.8 Å². The smallest absolute Gasteiger partial charge is 0.264 e. The van der Waals surface area contributed by atoms with E-state index in [1.165, 1.54) is 11.3 Å². The van der Waals surface area contributed by atoms with Crippen molar-refractivity contribution in [3.8, 4) is 0 Å². The molecule has 2 unspecified atom stereocenters. The quantitative estimate of drug-likeness (QED) is 0.939. The van der Waals surface area contributed by atoms with Crippen LogP contribution in [0.1, 0.15) is 38.6 Å². The second-order valence-electron chi connectivity index (χ2n) is 5.59. The van der Waals surface area contributed by atoms with Crippen LogP contribution in [0, 0.1) is 0 Å². The summed E-state index contributed by atoms with van der Waals surface area (Å²) in [6, 6.07) is 11.3. The van der Waals surface area contributed by atoms with Gasteiger partial charge in [-0.15, -0.1) is 11.3 Å². The zero-order chi connectivity index (χ0) is 16.4. The maximum Gasteiger partial charge on any atom is 0.264 e. The Balaban J connectivity index is 1.89. The standard InChI is InChI=1S/C17H18N2O3S/c1-11-8-19(14(9-22-11)12-5-3-2-4-6-12)17(21)15-7-13(10-23-15)16(18)20/h2-7,10-11,14H,8-9H2,1H3,(H2,18,20). The second-order valence-corrected chi connectivity index (χ2v) is 6.50. The van der Waals surface area contributed by atoms with Gasteiger partial charge in [-0.1, -0.05) is 30.3 Å². The van der Waals surface area contributed by atoms with Gasteiger partial charge in [-0.05, 0) is 18.6 Å². The minimum atomic E-state index is -0.518. The number of carbonyl (C=O) groups is 2. The Morgan fingerprint density at radius 2 is 2.04 bits per heavy atom. The lowest BCUT2D eigenvalue weighted by molar-refractivity contribution is -0.0446. The third kappa shape index (κ3) is 3.28. The first-order valence-corrected chi connectivity index (χ1v) is 8.30. The predicted molar refractivity (Wildman–Crippen MR) is 88.5 cm³/mol. The summed E-state index contributed by atoms with van der Waals surface area (Å²) in [4.78, 5) is 26.5. The highest BCUT2D eigenvalue weighted by atomic mass is 32.1. The molecular weight excluding hydrogens is 312 g/mol. The third-order valence-electron chi connectivity index (χ3n) is 3.91. The molecule has 0 aliphatic carbocycles. The number of nitrogens with two attached hydrogens (primary N) is 1. The molecule has 5 nitrogen and oxygen atoms in total. The van der Waals surface area contributed by atoms with Gasteiger partial charge < -0.3 is 15.4 Å². The van der Waals surface area contributed by atoms with Crippen molar-refractivity contribution in [2.75, 3.05) is 13.2 Å². The maximum atomic E-state index is 12.9. The first kappa shape index (κ1) is 15.7. The van der Waals surface area contributed by atoms with E-state index in [2.05, 4.69) is 0 Å². The highest BCUT2D eigenvalue weighted by Gasteiger charge is 2.32. The van der Waals surface area contributed by atoms with E-state index in [4.69, 9.17) is 10.5 Å². The number of hydrogen-bond donors (Lipinski definition) is 1. The van der Waals surface area contributed by atoms with Crippen molar-refractivity contribution in [1.29, 1.82) is 0 Å². The van der Waals surface area contributed by atoms with Gasteiger partial charge >= 0.3 is 0 Å². The van der Waals surface area contributed by atoms with Gasteiger partial charge in [0.15, 0.2) is 0 Å². The van der Waals surface area contributed by atoms with E-state index in [0.29, 0.717) is 23.6 Å². The topological polar surface area (TPSA) is 72.6 Å². The normalized spacial score (nSPS) is 21.2. The molecule has 23 heavy (non-hydrogen) atoms. The molecular formula is C17H18N2O3S. The van der Waals surface area contributed by atoms with Crippen molar-refractivity contribution in [2.45, 2.75) is 19.1 Å². The number of rotatable bonds is 3. The number of hydrogen-bond acceptors (Lipinski definition) is 4. The molecule has 2 heterocycles. The fraction of sp³-hybridized carbons (Fsp3) is 0.294. The van der Waals surface area contributed by atoms with Gasteiger partial charge in [-0.25, -0.2) is 0 Å². The summed E-state index contributed by atoms with van der Waals surface area (Å²) in [6.45, 7) is 2.93. The molecule has 1 aliphatic rings. The van der Waals surface area contributed by atoms with E-state index in [0.717, 1.165) is 5.56 Å². The zero-order valence-electron chi connectivity index (χ0n) is 12.8. The van der Waals surface area contributed by atoms with Crippen LogP contribution in [0.25, 0.3) is 0 Å². The number of amides is 2. The lowest BCUT2D eigenvalue weighted by Crippen LogP contribution is -2.46. The van der Waals surface area contributed by atoms with Crippen molar-refractivity contribution < 1.29 is 14.3 Å². The van der Waals surface area contributed by atoms with Crippen LogP contribution in [0.4, 0.5) is 0 Å². The molecule has 0 spiro atoms. The van der Waals surface area contributed by atoms with Crippen LogP contribution in [0.3, 0.4) is 0 Å². The minimum absolute atomic E-state index is 0.0190. The predicted octanol–water partition coefficient (Wildman–Crippen LogP) is 2.45. The van der Waals surface area contributed by atoms with E-state index >= 15 is 0 Å². The monoisotopic (exact) mass is 330 g/mol. The third-order valence-corrected chi connectivity index (χ3v) is 4.83. The summed E-state index contributed by atoms with van der Waals surface area (Å²) in [6.07, 6.45) is -0.0190. The molecule has 1 aromatic heterocycles. The number of thiophene rings is 1. The molecule has 120 valence electrons. The molecule has 0 radical (unpaired) electrons. The summed E-state index contributed by atoms with van der Waals surface area (Å²) in [5, 5.41) is 1.62. The number of benzene rings is 1. The highest BCUT2D eigenvalue weighted by Crippen LogP contribution is 2.29. The highest BCUT2D eigenvalue weighted by molar-refractivity contribution is 7.12. The Kier molecular flexibility index (Phi) is 4.45. The Hall–Kier alpha value is -2.18. The Bertz CT molecular complexity index is 714. The second kappa shape index (κ2) is 6.52. The van der Waals surface area contributed by atoms with Gasteiger partial charge in [-0.3, -0.25) is 9.59 Å². The maximum absolute atomic E-state index is 12.9. The Morgan fingerprint density at radius 3 is 2.70 bits per heavy atom. The molecule has 1 aromatic carbocycles. The van der Waals surface area contributed by atoms with Crippen LogP contribution in [-0.2, 0) is 4.74 Å². The summed E-state index contributed by atoms with van der Waals surface area (Å²) >= 11 is 1.25. The Labute approximate surface area is 138 Å². The van der Waals surface area contributed by atoms with E-state index in [9.17, 15) is 9.59 Å². The van der Waals surface area contributed by atoms with Crippen LogP contribution in [0.5, 0.6) is 0 Å². The average Bonchev–Trinajstić information content (AvgIpc) is 3.05. The van der Waals surface area contributed by atoms with Crippen LogP contribution >= 0.6 is 11.3 Å². The zero-order valence-corrected chi connectivity index (χ0v) is 13.6. The van der Waals surface area contributed by atoms with Crippen molar-refractivity contribution in [1.82, 2.24) is 4.90 Å². The first-order valence-electron chi connectivity index (χ1n) is 7.42. The molecule has 2 atom stereocenters. The fourth-order valence-electron chi connectivity index (χ4n) is 2.70. The lowest BCUT2D eigenvalue weighted by Gasteiger charge is -2.38. The fourth-order valence-corrected chi connectivity index (χ4v) is 3.55. The number of ether oxygens (including phenoxy) is 1. The van der Waals surface area contributed by atoms with Gasteiger partial charge in [0.1, 0.15) is 0 Å².